The third-order valence-corrected chi connectivity index (χ3v) is 4.45. The van der Waals surface area contributed by atoms with Crippen LogP contribution in [0.1, 0.15) is 22.3 Å². The summed E-state index contributed by atoms with van der Waals surface area (Å²) in [6, 6.07) is 7.13. The molecule has 0 radical (unpaired) electrons. The quantitative estimate of drug-likeness (QED) is 0.826. The largest absolute Gasteiger partial charge is 0.389 e. The Morgan fingerprint density at radius 1 is 1.50 bits per heavy atom. The van der Waals surface area contributed by atoms with Crippen molar-refractivity contribution in [3.8, 4) is 0 Å². The van der Waals surface area contributed by atoms with Gasteiger partial charge in [-0.05, 0) is 36.0 Å². The lowest BCUT2D eigenvalue weighted by molar-refractivity contribution is 0.0948. The molecule has 1 fully saturated rings. The van der Waals surface area contributed by atoms with E-state index in [-0.39, 0.29) is 5.91 Å². The number of nitrogens with one attached hydrogen (secondary N) is 1. The normalized spacial score (nSPS) is 18.6. The fraction of sp³-hybridized carbons (Fsp3) is 0.385. The van der Waals surface area contributed by atoms with Gasteiger partial charge in [-0.3, -0.25) is 4.79 Å². The molecule has 0 aromatic heterocycles. The van der Waals surface area contributed by atoms with E-state index < -0.39 is 0 Å². The maximum Gasteiger partial charge on any atom is 0.251 e. The summed E-state index contributed by atoms with van der Waals surface area (Å²) >= 11 is 6.85. The van der Waals surface area contributed by atoms with Crippen LogP contribution in [0, 0.1) is 5.92 Å². The molecule has 18 heavy (non-hydrogen) atoms. The van der Waals surface area contributed by atoms with Gasteiger partial charge in [-0.15, -0.1) is 0 Å². The first-order valence-electron chi connectivity index (χ1n) is 5.92. The first-order chi connectivity index (χ1) is 8.66. The highest BCUT2D eigenvalue weighted by Crippen LogP contribution is 2.22. The van der Waals surface area contributed by atoms with Gasteiger partial charge in [-0.25, -0.2) is 0 Å². The number of carbonyl (C=O) groups is 1. The van der Waals surface area contributed by atoms with Crippen LogP contribution in [0.4, 0.5) is 0 Å². The van der Waals surface area contributed by atoms with Crippen molar-refractivity contribution in [2.45, 2.75) is 6.42 Å². The van der Waals surface area contributed by atoms with E-state index in [1.807, 2.05) is 17.8 Å². The molecule has 1 aliphatic heterocycles. The predicted molar refractivity (Wildman–Crippen MR) is 80.1 cm³/mol. The summed E-state index contributed by atoms with van der Waals surface area (Å²) in [6.07, 6.45) is 1.19. The number of thioether (sulfide) groups is 1. The van der Waals surface area contributed by atoms with Crippen LogP contribution in [0.2, 0.25) is 0 Å². The molecule has 1 aliphatic rings. The number of hydrogen-bond donors (Lipinski definition) is 2. The minimum absolute atomic E-state index is 0.0509. The summed E-state index contributed by atoms with van der Waals surface area (Å²) in [4.78, 5) is 12.3. The van der Waals surface area contributed by atoms with Gasteiger partial charge in [0.05, 0.1) is 0 Å². The molecule has 96 valence electrons. The van der Waals surface area contributed by atoms with Crippen molar-refractivity contribution in [2.75, 3.05) is 18.1 Å². The summed E-state index contributed by atoms with van der Waals surface area (Å²) in [5, 5.41) is 2.97. The monoisotopic (exact) mass is 280 g/mol. The Balaban J connectivity index is 1.95. The Labute approximate surface area is 117 Å². The predicted octanol–water partition coefficient (Wildman–Crippen LogP) is 1.80. The van der Waals surface area contributed by atoms with Crippen LogP contribution < -0.4 is 11.1 Å². The minimum Gasteiger partial charge on any atom is -0.389 e. The number of thiocarbonyl (C=S) groups is 1. The number of rotatable bonds is 4. The van der Waals surface area contributed by atoms with Crippen molar-refractivity contribution in [3.05, 3.63) is 35.4 Å². The average molecular weight is 280 g/mol. The first-order valence-corrected chi connectivity index (χ1v) is 7.49. The third-order valence-electron chi connectivity index (χ3n) is 2.98. The zero-order valence-corrected chi connectivity index (χ0v) is 11.7. The zero-order chi connectivity index (χ0) is 13.0. The van der Waals surface area contributed by atoms with Gasteiger partial charge in [0.15, 0.2) is 0 Å². The number of nitrogens with two attached hydrogens (primary N) is 1. The summed E-state index contributed by atoms with van der Waals surface area (Å²) in [6.45, 7) is 0.753. The van der Waals surface area contributed by atoms with Gasteiger partial charge in [-0.1, -0.05) is 24.4 Å². The second-order valence-corrected chi connectivity index (χ2v) is 5.97. The van der Waals surface area contributed by atoms with Crippen LogP contribution in [0.5, 0.6) is 0 Å². The molecule has 0 spiro atoms. The van der Waals surface area contributed by atoms with Crippen molar-refractivity contribution < 1.29 is 4.79 Å². The molecule has 0 aliphatic carbocycles. The second-order valence-electron chi connectivity index (χ2n) is 4.38. The van der Waals surface area contributed by atoms with E-state index in [4.69, 9.17) is 18.0 Å². The Bertz CT molecular complexity index is 456. The molecular formula is C13H16N2OS2. The van der Waals surface area contributed by atoms with Crippen LogP contribution in [0.3, 0.4) is 0 Å². The van der Waals surface area contributed by atoms with Gasteiger partial charge < -0.3 is 11.1 Å². The number of carbonyl (C=O) groups excluding carboxylic acids is 1. The van der Waals surface area contributed by atoms with E-state index in [9.17, 15) is 4.79 Å². The Kier molecular flexibility index (Phi) is 4.60. The van der Waals surface area contributed by atoms with Crippen LogP contribution in [0.25, 0.3) is 0 Å². The average Bonchev–Trinajstić information content (AvgIpc) is 2.89. The molecule has 1 atom stereocenters. The molecule has 0 saturated carbocycles. The van der Waals surface area contributed by atoms with Crippen molar-refractivity contribution in [1.82, 2.24) is 5.32 Å². The molecule has 1 unspecified atom stereocenters. The Morgan fingerprint density at radius 2 is 2.28 bits per heavy atom. The van der Waals surface area contributed by atoms with Crippen molar-refractivity contribution in [2.24, 2.45) is 11.7 Å². The third kappa shape index (κ3) is 3.46. The molecule has 0 bridgehead atoms. The summed E-state index contributed by atoms with van der Waals surface area (Å²) in [5.41, 5.74) is 6.90. The van der Waals surface area contributed by atoms with Gasteiger partial charge in [0.25, 0.3) is 5.91 Å². The maximum absolute atomic E-state index is 12.0. The molecule has 1 aromatic carbocycles. The van der Waals surface area contributed by atoms with Gasteiger partial charge in [0.1, 0.15) is 4.99 Å². The van der Waals surface area contributed by atoms with Crippen LogP contribution in [-0.2, 0) is 0 Å². The lowest BCUT2D eigenvalue weighted by Crippen LogP contribution is -2.29. The first kappa shape index (κ1) is 13.4. The maximum atomic E-state index is 12.0. The van der Waals surface area contributed by atoms with Gasteiger partial charge in [0.2, 0.25) is 0 Å². The summed E-state index contributed by atoms with van der Waals surface area (Å²) < 4.78 is 0. The van der Waals surface area contributed by atoms with E-state index in [1.165, 1.54) is 12.2 Å². The highest BCUT2D eigenvalue weighted by molar-refractivity contribution is 7.99. The van der Waals surface area contributed by atoms with E-state index in [0.29, 0.717) is 16.5 Å². The molecule has 1 aromatic rings. The molecular weight excluding hydrogens is 264 g/mol. The zero-order valence-electron chi connectivity index (χ0n) is 10.0. The minimum atomic E-state index is -0.0509. The van der Waals surface area contributed by atoms with Crippen molar-refractivity contribution in [1.29, 1.82) is 0 Å². The molecule has 1 amide bonds. The van der Waals surface area contributed by atoms with E-state index in [2.05, 4.69) is 5.32 Å². The topological polar surface area (TPSA) is 55.1 Å². The molecule has 1 heterocycles. The number of hydrogen-bond acceptors (Lipinski definition) is 3. The molecule has 3 N–H and O–H groups in total. The Morgan fingerprint density at radius 3 is 2.94 bits per heavy atom. The standard InChI is InChI=1S/C13H16N2OS2/c14-12(17)10-2-1-3-11(6-10)13(16)15-7-9-4-5-18-8-9/h1-3,6,9H,4-5,7-8H2,(H2,14,17)(H,15,16). The van der Waals surface area contributed by atoms with E-state index in [0.717, 1.165) is 17.9 Å². The fourth-order valence-electron chi connectivity index (χ4n) is 1.90. The summed E-state index contributed by atoms with van der Waals surface area (Å²) in [5.74, 6) is 2.91. The van der Waals surface area contributed by atoms with Crippen LogP contribution >= 0.6 is 24.0 Å². The molecule has 1 saturated heterocycles. The van der Waals surface area contributed by atoms with Gasteiger partial charge >= 0.3 is 0 Å². The Hall–Kier alpha value is -1.07. The lowest BCUT2D eigenvalue weighted by Gasteiger charge is -2.10. The second kappa shape index (κ2) is 6.20. The van der Waals surface area contributed by atoms with E-state index >= 15 is 0 Å². The lowest BCUT2D eigenvalue weighted by atomic mass is 10.1. The number of amides is 1. The SMILES string of the molecule is NC(=S)c1cccc(C(=O)NCC2CCSC2)c1. The number of benzene rings is 1. The molecule has 5 heteroatoms. The van der Waals surface area contributed by atoms with Crippen molar-refractivity contribution >= 4 is 34.9 Å². The molecule has 3 nitrogen and oxygen atoms in total. The van der Waals surface area contributed by atoms with Crippen LogP contribution in [-0.4, -0.2) is 28.9 Å². The van der Waals surface area contributed by atoms with Crippen molar-refractivity contribution in [3.63, 3.8) is 0 Å². The van der Waals surface area contributed by atoms with E-state index in [1.54, 1.807) is 18.2 Å². The summed E-state index contributed by atoms with van der Waals surface area (Å²) in [7, 11) is 0. The van der Waals surface area contributed by atoms with Gasteiger partial charge in [-0.2, -0.15) is 11.8 Å². The van der Waals surface area contributed by atoms with Crippen LogP contribution in [0.15, 0.2) is 24.3 Å². The molecule has 2 rings (SSSR count). The van der Waals surface area contributed by atoms with Gasteiger partial charge in [0, 0.05) is 17.7 Å². The fourth-order valence-corrected chi connectivity index (χ4v) is 3.31. The highest BCUT2D eigenvalue weighted by Gasteiger charge is 2.16. The highest BCUT2D eigenvalue weighted by atomic mass is 32.2. The smallest absolute Gasteiger partial charge is 0.251 e.